The van der Waals surface area contributed by atoms with Gasteiger partial charge in [-0.1, -0.05) is 204 Å². The van der Waals surface area contributed by atoms with E-state index in [9.17, 15) is 38.2 Å². The van der Waals surface area contributed by atoms with Crippen LogP contribution >= 0.6 is 0 Å². The maximum Gasteiger partial charge on any atom is 0.397 e. The van der Waals surface area contributed by atoms with E-state index in [2.05, 4.69) is 47.7 Å². The smallest absolute Gasteiger partial charge is 0.394 e. The van der Waals surface area contributed by atoms with Crippen molar-refractivity contribution in [1.29, 1.82) is 0 Å². The molecule has 13 heteroatoms. The molecule has 0 aromatic rings. The zero-order valence-electron chi connectivity index (χ0n) is 39.6. The number of nitrogens with one attached hydrogen (secondary N) is 1. The molecule has 0 bridgehead atoms. The van der Waals surface area contributed by atoms with Crippen LogP contribution in [0.2, 0.25) is 0 Å². The van der Waals surface area contributed by atoms with Gasteiger partial charge >= 0.3 is 10.4 Å². The van der Waals surface area contributed by atoms with E-state index in [0.29, 0.717) is 6.42 Å². The second-order valence-electron chi connectivity index (χ2n) is 17.7. The zero-order chi connectivity index (χ0) is 46.2. The summed E-state index contributed by atoms with van der Waals surface area (Å²) in [5.74, 6) is -0.263. The van der Waals surface area contributed by atoms with Gasteiger partial charge in [0.05, 0.1) is 25.4 Å². The van der Waals surface area contributed by atoms with E-state index >= 15 is 0 Å². The minimum absolute atomic E-state index is 0.263. The average molecular weight is 916 g/mol. The Morgan fingerprint density at radius 2 is 1.11 bits per heavy atom. The van der Waals surface area contributed by atoms with E-state index in [1.165, 1.54) is 141 Å². The molecule has 7 unspecified atom stereocenters. The highest BCUT2D eigenvalue weighted by atomic mass is 32.3. The molecule has 0 saturated carbocycles. The van der Waals surface area contributed by atoms with Crippen LogP contribution in [0.25, 0.3) is 0 Å². The molecule has 1 rings (SSSR count). The summed E-state index contributed by atoms with van der Waals surface area (Å²) >= 11 is 0. The Balaban J connectivity index is 2.44. The quantitative estimate of drug-likeness (QED) is 0.0194. The van der Waals surface area contributed by atoms with Crippen LogP contribution in [-0.4, -0.2) is 95.4 Å². The maximum atomic E-state index is 13.1. The highest BCUT2D eigenvalue weighted by Crippen LogP contribution is 2.26. The number of aliphatic hydroxyl groups is 4. The lowest BCUT2D eigenvalue weighted by Gasteiger charge is -2.41. The third kappa shape index (κ3) is 33.4. The van der Waals surface area contributed by atoms with Crippen LogP contribution in [0.15, 0.2) is 36.5 Å². The van der Waals surface area contributed by atoms with Crippen molar-refractivity contribution < 1.29 is 51.8 Å². The molecule has 6 N–H and O–H groups in total. The van der Waals surface area contributed by atoms with Gasteiger partial charge in [-0.05, 0) is 44.9 Å². The predicted molar refractivity (Wildman–Crippen MR) is 255 cm³/mol. The normalized spacial score (nSPS) is 20.7. The molecule has 0 aromatic carbocycles. The summed E-state index contributed by atoms with van der Waals surface area (Å²) in [6.45, 7) is 3.30. The van der Waals surface area contributed by atoms with Crippen molar-refractivity contribution in [2.75, 3.05) is 13.2 Å². The lowest BCUT2D eigenvalue weighted by molar-refractivity contribution is -0.298. The van der Waals surface area contributed by atoms with E-state index in [0.717, 1.165) is 51.4 Å². The molecule has 1 fully saturated rings. The molecular weight excluding hydrogens is 823 g/mol. The fourth-order valence-electron chi connectivity index (χ4n) is 8.02. The van der Waals surface area contributed by atoms with Gasteiger partial charge in [0.2, 0.25) is 5.91 Å². The largest absolute Gasteiger partial charge is 0.397 e. The Bertz CT molecular complexity index is 1260. The van der Waals surface area contributed by atoms with E-state index in [1.54, 1.807) is 6.08 Å². The van der Waals surface area contributed by atoms with Crippen LogP contribution in [0.4, 0.5) is 0 Å². The third-order valence-corrected chi connectivity index (χ3v) is 12.4. The number of carbonyl (C=O) groups excluding carboxylic acids is 1. The molecule has 1 aliphatic rings. The lowest BCUT2D eigenvalue weighted by Crippen LogP contribution is -2.61. The minimum Gasteiger partial charge on any atom is -0.394 e. The van der Waals surface area contributed by atoms with Gasteiger partial charge in [-0.2, -0.15) is 8.42 Å². The Kier molecular flexibility index (Phi) is 38.2. The van der Waals surface area contributed by atoms with Gasteiger partial charge in [0.15, 0.2) is 6.29 Å². The van der Waals surface area contributed by atoms with Gasteiger partial charge < -0.3 is 35.2 Å². The van der Waals surface area contributed by atoms with Crippen LogP contribution in [0.1, 0.15) is 219 Å². The number of carbonyl (C=O) groups is 1. The number of amides is 1. The van der Waals surface area contributed by atoms with Crippen LogP contribution in [0.5, 0.6) is 0 Å². The standard InChI is InChI=1S/C50H93NO11S/c1-3-5-7-9-11-13-15-17-19-20-21-22-23-24-26-28-30-32-34-36-38-40-46(54)51-43(42-60-50-48(56)49(62-63(57,58)59)47(55)45(41-52)61-50)44(53)39-37-35-33-31-29-27-25-18-16-14-12-10-8-6-4-2/h5,7,11,13,37,39,43-45,47-50,52-53,55-56H,3-4,6,8-10,12,14-36,38,40-42H2,1-2H3,(H,51,54)(H,57,58,59)/b7-5-,13-11-,39-37+. The lowest BCUT2D eigenvalue weighted by atomic mass is 9.99. The maximum absolute atomic E-state index is 13.1. The van der Waals surface area contributed by atoms with Crippen LogP contribution in [0, 0.1) is 0 Å². The number of unbranched alkanes of at least 4 members (excludes halogenated alkanes) is 27. The molecule has 12 nitrogen and oxygen atoms in total. The molecular formula is C50H93NO11S. The summed E-state index contributed by atoms with van der Waals surface area (Å²) in [5.41, 5.74) is 0. The number of ether oxygens (including phenoxy) is 2. The van der Waals surface area contributed by atoms with Gasteiger partial charge in [0, 0.05) is 6.42 Å². The van der Waals surface area contributed by atoms with E-state index in [-0.39, 0.29) is 18.9 Å². The molecule has 7 atom stereocenters. The van der Waals surface area contributed by atoms with Crippen LogP contribution < -0.4 is 5.32 Å². The molecule has 0 aromatic heterocycles. The molecule has 0 radical (unpaired) electrons. The third-order valence-electron chi connectivity index (χ3n) is 11.9. The molecule has 0 aliphatic carbocycles. The van der Waals surface area contributed by atoms with Gasteiger partial charge in [-0.3, -0.25) is 9.35 Å². The summed E-state index contributed by atoms with van der Waals surface area (Å²) < 4.78 is 47.7. The van der Waals surface area contributed by atoms with Gasteiger partial charge in [0.1, 0.15) is 24.4 Å². The summed E-state index contributed by atoms with van der Waals surface area (Å²) in [6, 6.07) is -0.943. The van der Waals surface area contributed by atoms with Crippen molar-refractivity contribution in [1.82, 2.24) is 5.32 Å². The van der Waals surface area contributed by atoms with Crippen molar-refractivity contribution >= 4 is 16.3 Å². The summed E-state index contributed by atoms with van der Waals surface area (Å²) in [5, 5.41) is 44.8. The molecule has 63 heavy (non-hydrogen) atoms. The minimum atomic E-state index is -5.09. The predicted octanol–water partition coefficient (Wildman–Crippen LogP) is 10.7. The molecule has 1 aliphatic heterocycles. The van der Waals surface area contributed by atoms with E-state index in [1.807, 2.05) is 6.08 Å². The first-order valence-electron chi connectivity index (χ1n) is 25.4. The van der Waals surface area contributed by atoms with Crippen molar-refractivity contribution in [3.05, 3.63) is 36.5 Å². The number of allylic oxidation sites excluding steroid dienone is 5. The number of hydrogen-bond donors (Lipinski definition) is 6. The first-order valence-corrected chi connectivity index (χ1v) is 26.7. The van der Waals surface area contributed by atoms with Crippen molar-refractivity contribution in [2.45, 2.75) is 262 Å². The fourth-order valence-corrected chi connectivity index (χ4v) is 8.53. The Labute approximate surface area is 384 Å². The zero-order valence-corrected chi connectivity index (χ0v) is 40.5. The summed E-state index contributed by atoms with van der Waals surface area (Å²) in [7, 11) is -5.09. The Hall–Kier alpha value is -1.68. The van der Waals surface area contributed by atoms with Crippen LogP contribution in [-0.2, 0) is 28.9 Å². The molecule has 370 valence electrons. The van der Waals surface area contributed by atoms with Crippen molar-refractivity contribution in [3.8, 4) is 0 Å². The van der Waals surface area contributed by atoms with Crippen LogP contribution in [0.3, 0.4) is 0 Å². The van der Waals surface area contributed by atoms with Gasteiger partial charge in [-0.15, -0.1) is 0 Å². The van der Waals surface area contributed by atoms with Crippen molar-refractivity contribution in [3.63, 3.8) is 0 Å². The van der Waals surface area contributed by atoms with E-state index in [4.69, 9.17) is 9.47 Å². The average Bonchev–Trinajstić information content (AvgIpc) is 3.25. The van der Waals surface area contributed by atoms with Gasteiger partial charge in [-0.25, -0.2) is 4.18 Å². The Morgan fingerprint density at radius 1 is 0.651 bits per heavy atom. The summed E-state index contributed by atoms with van der Waals surface area (Å²) in [6.07, 6.45) is 40.4. The van der Waals surface area contributed by atoms with Crippen molar-refractivity contribution in [2.24, 2.45) is 0 Å². The highest BCUT2D eigenvalue weighted by molar-refractivity contribution is 7.80. The second-order valence-corrected chi connectivity index (χ2v) is 18.8. The van der Waals surface area contributed by atoms with E-state index < -0.39 is 59.9 Å². The number of aliphatic hydroxyl groups excluding tert-OH is 4. The first-order chi connectivity index (χ1) is 30.5. The number of rotatable bonds is 43. The highest BCUT2D eigenvalue weighted by Gasteiger charge is 2.48. The monoisotopic (exact) mass is 916 g/mol. The molecule has 1 saturated heterocycles. The summed E-state index contributed by atoms with van der Waals surface area (Å²) in [4.78, 5) is 13.1. The fraction of sp³-hybridized carbons (Fsp3) is 0.860. The first kappa shape index (κ1) is 59.3. The molecule has 1 heterocycles. The molecule has 1 amide bonds. The second kappa shape index (κ2) is 40.6. The SMILES string of the molecule is CC/C=C\C/C=C\CCCCCCCCCCCCCCCCC(=O)NC(COC1OC(CO)C(O)C(OS(=O)(=O)O)C1O)C(O)/C=C/CCCCCCCCCCCCCCC. The topological polar surface area (TPSA) is 192 Å². The Morgan fingerprint density at radius 3 is 1.59 bits per heavy atom. The molecule has 0 spiro atoms. The number of hydrogen-bond acceptors (Lipinski definition) is 10. The van der Waals surface area contributed by atoms with Gasteiger partial charge in [0.25, 0.3) is 0 Å².